The molecule has 9 heteroatoms. The van der Waals surface area contributed by atoms with E-state index in [1.54, 1.807) is 0 Å². The molecular formula is C9H15N5O4. The summed E-state index contributed by atoms with van der Waals surface area (Å²) in [5.74, 6) is -1.56. The molecule has 0 spiro atoms. The van der Waals surface area contributed by atoms with Crippen LogP contribution in [0.3, 0.4) is 0 Å². The second-order valence-corrected chi connectivity index (χ2v) is 4.19. The van der Waals surface area contributed by atoms with Gasteiger partial charge in [0.2, 0.25) is 5.85 Å². The van der Waals surface area contributed by atoms with E-state index in [9.17, 15) is 15.0 Å². The van der Waals surface area contributed by atoms with Gasteiger partial charge in [-0.25, -0.2) is 4.79 Å². The largest absolute Gasteiger partial charge is 0.390 e. The molecule has 1 aliphatic heterocycles. The first-order chi connectivity index (χ1) is 8.33. The van der Waals surface area contributed by atoms with Gasteiger partial charge in [-0.15, -0.1) is 0 Å². The van der Waals surface area contributed by atoms with Crippen LogP contribution in [0.1, 0.15) is 6.42 Å². The first kappa shape index (κ1) is 12.9. The van der Waals surface area contributed by atoms with E-state index >= 15 is 0 Å². The van der Waals surface area contributed by atoms with Crippen LogP contribution in [0, 0.1) is 0 Å². The molecule has 0 amide bonds. The SMILES string of the molecule is Nc1ccn([C@@]2(N)C[C@H](O)[C@@H](C(N)O)O2)c(=O)n1. The van der Waals surface area contributed by atoms with E-state index in [1.165, 1.54) is 12.3 Å². The molecule has 0 aromatic carbocycles. The van der Waals surface area contributed by atoms with Crippen LogP contribution in [-0.2, 0) is 10.6 Å². The van der Waals surface area contributed by atoms with Crippen LogP contribution in [0.4, 0.5) is 5.82 Å². The molecule has 4 atom stereocenters. The molecule has 0 saturated carbocycles. The van der Waals surface area contributed by atoms with Gasteiger partial charge in [0.05, 0.1) is 6.10 Å². The number of hydrogen-bond donors (Lipinski definition) is 5. The van der Waals surface area contributed by atoms with Gasteiger partial charge in [-0.2, -0.15) is 4.98 Å². The van der Waals surface area contributed by atoms with Crippen molar-refractivity contribution in [2.24, 2.45) is 11.5 Å². The quantitative estimate of drug-likeness (QED) is 0.346. The molecule has 0 radical (unpaired) electrons. The van der Waals surface area contributed by atoms with Crippen molar-refractivity contribution in [3.63, 3.8) is 0 Å². The highest BCUT2D eigenvalue weighted by atomic mass is 16.6. The van der Waals surface area contributed by atoms with E-state index < -0.39 is 30.0 Å². The summed E-state index contributed by atoms with van der Waals surface area (Å²) >= 11 is 0. The zero-order valence-corrected chi connectivity index (χ0v) is 9.43. The highest BCUT2D eigenvalue weighted by Crippen LogP contribution is 2.30. The number of rotatable bonds is 2. The highest BCUT2D eigenvalue weighted by Gasteiger charge is 2.47. The van der Waals surface area contributed by atoms with Crippen molar-refractivity contribution in [1.82, 2.24) is 9.55 Å². The topological polar surface area (TPSA) is 163 Å². The molecule has 1 aromatic heterocycles. The number of nitrogens with zero attached hydrogens (tertiary/aromatic N) is 2. The molecule has 1 unspecified atom stereocenters. The summed E-state index contributed by atoms with van der Waals surface area (Å²) in [7, 11) is 0. The monoisotopic (exact) mass is 257 g/mol. The van der Waals surface area contributed by atoms with Crippen LogP contribution in [0.15, 0.2) is 17.1 Å². The average molecular weight is 257 g/mol. The molecule has 1 fully saturated rings. The van der Waals surface area contributed by atoms with Crippen molar-refractivity contribution in [1.29, 1.82) is 0 Å². The minimum atomic E-state index is -1.61. The van der Waals surface area contributed by atoms with Gasteiger partial charge in [0.25, 0.3) is 0 Å². The third-order valence-corrected chi connectivity index (χ3v) is 2.79. The van der Waals surface area contributed by atoms with Crippen LogP contribution >= 0.6 is 0 Å². The normalized spacial score (nSPS) is 33.6. The lowest BCUT2D eigenvalue weighted by Crippen LogP contribution is -2.50. The molecule has 1 aliphatic rings. The van der Waals surface area contributed by atoms with E-state index in [2.05, 4.69) is 4.98 Å². The Morgan fingerprint density at radius 2 is 2.33 bits per heavy atom. The second kappa shape index (κ2) is 4.30. The van der Waals surface area contributed by atoms with Crippen LogP contribution in [0.2, 0.25) is 0 Å². The van der Waals surface area contributed by atoms with E-state index in [-0.39, 0.29) is 12.2 Å². The number of nitrogens with two attached hydrogens (primary N) is 3. The van der Waals surface area contributed by atoms with Gasteiger partial charge in [0.15, 0.2) is 0 Å². The highest BCUT2D eigenvalue weighted by molar-refractivity contribution is 5.23. The number of anilines is 1. The van der Waals surface area contributed by atoms with Crippen molar-refractivity contribution in [3.05, 3.63) is 22.7 Å². The number of nitrogen functional groups attached to an aromatic ring is 1. The minimum absolute atomic E-state index is 0.0498. The van der Waals surface area contributed by atoms with Crippen molar-refractivity contribution >= 4 is 5.82 Å². The Morgan fingerprint density at radius 3 is 2.83 bits per heavy atom. The third-order valence-electron chi connectivity index (χ3n) is 2.79. The molecule has 0 bridgehead atoms. The fourth-order valence-corrected chi connectivity index (χ4v) is 1.93. The zero-order chi connectivity index (χ0) is 13.5. The number of hydrogen-bond acceptors (Lipinski definition) is 8. The second-order valence-electron chi connectivity index (χ2n) is 4.19. The molecule has 9 nitrogen and oxygen atoms in total. The Hall–Kier alpha value is -1.52. The Kier molecular flexibility index (Phi) is 3.09. The van der Waals surface area contributed by atoms with E-state index in [0.29, 0.717) is 0 Å². The van der Waals surface area contributed by atoms with Crippen LogP contribution in [0.5, 0.6) is 0 Å². The molecule has 1 saturated heterocycles. The smallest absolute Gasteiger partial charge is 0.352 e. The predicted octanol–water partition coefficient (Wildman–Crippen LogP) is -3.18. The molecule has 2 heterocycles. The fourth-order valence-electron chi connectivity index (χ4n) is 1.93. The fraction of sp³-hybridized carbons (Fsp3) is 0.556. The number of aliphatic hydroxyl groups excluding tert-OH is 2. The molecule has 18 heavy (non-hydrogen) atoms. The maximum atomic E-state index is 11.7. The Balaban J connectivity index is 2.36. The molecular weight excluding hydrogens is 242 g/mol. The number of aromatic nitrogens is 2. The number of aliphatic hydroxyl groups is 2. The van der Waals surface area contributed by atoms with Gasteiger partial charge < -0.3 is 26.4 Å². The first-order valence-electron chi connectivity index (χ1n) is 5.27. The summed E-state index contributed by atoms with van der Waals surface area (Å²) in [6, 6.07) is 1.37. The average Bonchev–Trinajstić information content (AvgIpc) is 2.54. The Labute approximate surface area is 102 Å². The maximum Gasteiger partial charge on any atom is 0.352 e. The van der Waals surface area contributed by atoms with Gasteiger partial charge >= 0.3 is 5.69 Å². The summed E-state index contributed by atoms with van der Waals surface area (Å²) in [6.07, 6.45) is -2.35. The summed E-state index contributed by atoms with van der Waals surface area (Å²) < 4.78 is 6.26. The van der Waals surface area contributed by atoms with Crippen LogP contribution in [0.25, 0.3) is 0 Å². The first-order valence-corrected chi connectivity index (χ1v) is 5.27. The van der Waals surface area contributed by atoms with E-state index in [0.717, 1.165) is 4.57 Å². The summed E-state index contributed by atoms with van der Waals surface area (Å²) in [6.45, 7) is 0. The molecule has 100 valence electrons. The summed E-state index contributed by atoms with van der Waals surface area (Å²) in [5.41, 5.74) is 15.8. The van der Waals surface area contributed by atoms with Crippen molar-refractivity contribution < 1.29 is 14.9 Å². The van der Waals surface area contributed by atoms with Gasteiger partial charge in [-0.3, -0.25) is 10.3 Å². The Morgan fingerprint density at radius 1 is 1.67 bits per heavy atom. The summed E-state index contributed by atoms with van der Waals surface area (Å²) in [4.78, 5) is 15.2. The van der Waals surface area contributed by atoms with Gasteiger partial charge in [-0.1, -0.05) is 0 Å². The van der Waals surface area contributed by atoms with E-state index in [4.69, 9.17) is 21.9 Å². The standard InChI is InChI=1S/C9H15N5O4/c10-5-1-2-14(8(17)13-5)9(12)3-4(15)6(18-9)7(11)16/h1-2,4,6-7,15-16H,3,11-12H2,(H2,10,13,17)/t4-,6-,7?,9-/m0/s1. The van der Waals surface area contributed by atoms with Gasteiger partial charge in [0.1, 0.15) is 18.1 Å². The molecule has 2 rings (SSSR count). The molecule has 1 aromatic rings. The summed E-state index contributed by atoms with van der Waals surface area (Å²) in [5, 5.41) is 18.9. The van der Waals surface area contributed by atoms with Gasteiger partial charge in [0, 0.05) is 12.6 Å². The lowest BCUT2D eigenvalue weighted by atomic mass is 10.1. The predicted molar refractivity (Wildman–Crippen MR) is 60.8 cm³/mol. The molecule has 8 N–H and O–H groups in total. The van der Waals surface area contributed by atoms with Crippen LogP contribution in [-0.4, -0.2) is 38.2 Å². The van der Waals surface area contributed by atoms with E-state index in [1.807, 2.05) is 0 Å². The zero-order valence-electron chi connectivity index (χ0n) is 9.43. The maximum absolute atomic E-state index is 11.7. The minimum Gasteiger partial charge on any atom is -0.390 e. The van der Waals surface area contributed by atoms with Gasteiger partial charge in [-0.05, 0) is 6.07 Å². The van der Waals surface area contributed by atoms with Crippen molar-refractivity contribution in [2.45, 2.75) is 30.7 Å². The van der Waals surface area contributed by atoms with Crippen molar-refractivity contribution in [3.8, 4) is 0 Å². The van der Waals surface area contributed by atoms with Crippen molar-refractivity contribution in [2.75, 3.05) is 5.73 Å². The van der Waals surface area contributed by atoms with Crippen LogP contribution < -0.4 is 22.9 Å². The number of ether oxygens (including phenoxy) is 1. The lowest BCUT2D eigenvalue weighted by molar-refractivity contribution is -0.137. The molecule has 0 aliphatic carbocycles. The third kappa shape index (κ3) is 2.09. The Bertz CT molecular complexity index is 504. The lowest BCUT2D eigenvalue weighted by Gasteiger charge is -2.26.